The second-order valence-electron chi connectivity index (χ2n) is 6.29. The number of para-hydroxylation sites is 1. The van der Waals surface area contributed by atoms with Gasteiger partial charge in [0.25, 0.3) is 5.91 Å². The van der Waals surface area contributed by atoms with Crippen LogP contribution in [0.5, 0.6) is 5.75 Å². The number of amides is 1. The molecule has 0 saturated heterocycles. The molecule has 1 unspecified atom stereocenters. The lowest BCUT2D eigenvalue weighted by Crippen LogP contribution is -2.34. The van der Waals surface area contributed by atoms with Gasteiger partial charge in [0.15, 0.2) is 0 Å². The molecule has 0 saturated carbocycles. The van der Waals surface area contributed by atoms with E-state index in [9.17, 15) is 4.79 Å². The van der Waals surface area contributed by atoms with E-state index >= 15 is 0 Å². The molecule has 0 spiro atoms. The highest BCUT2D eigenvalue weighted by Crippen LogP contribution is 2.27. The van der Waals surface area contributed by atoms with E-state index in [1.807, 2.05) is 49.4 Å². The van der Waals surface area contributed by atoms with Crippen molar-refractivity contribution < 1.29 is 9.53 Å². The highest BCUT2D eigenvalue weighted by molar-refractivity contribution is 9.10. The summed E-state index contributed by atoms with van der Waals surface area (Å²) >= 11 is 3.42. The molecule has 0 bridgehead atoms. The van der Waals surface area contributed by atoms with Gasteiger partial charge in [0.1, 0.15) is 11.9 Å². The first-order valence-corrected chi connectivity index (χ1v) is 9.24. The maximum absolute atomic E-state index is 12.6. The topological polar surface area (TPSA) is 56.1 Å². The summed E-state index contributed by atoms with van der Waals surface area (Å²) in [6.45, 7) is 2.36. The van der Waals surface area contributed by atoms with Gasteiger partial charge in [0.05, 0.1) is 29.7 Å². The van der Waals surface area contributed by atoms with Crippen LogP contribution in [-0.4, -0.2) is 28.3 Å². The zero-order chi connectivity index (χ0) is 18.1. The number of carbonyl (C=O) groups is 1. The van der Waals surface area contributed by atoms with Crippen molar-refractivity contribution in [1.82, 2.24) is 15.1 Å². The van der Waals surface area contributed by atoms with Gasteiger partial charge in [-0.1, -0.05) is 34.1 Å². The molecule has 1 atom stereocenters. The Balaban J connectivity index is 1.42. The van der Waals surface area contributed by atoms with Crippen LogP contribution in [0.3, 0.4) is 0 Å². The number of benzene rings is 2. The average Bonchev–Trinajstić information content (AvgIpc) is 3.23. The Bertz CT molecular complexity index is 925. The average molecular weight is 412 g/mol. The highest BCUT2D eigenvalue weighted by atomic mass is 79.9. The van der Waals surface area contributed by atoms with E-state index in [4.69, 9.17) is 4.74 Å². The van der Waals surface area contributed by atoms with Gasteiger partial charge < -0.3 is 10.1 Å². The Kier molecular flexibility index (Phi) is 4.51. The van der Waals surface area contributed by atoms with E-state index in [0.717, 1.165) is 28.0 Å². The van der Waals surface area contributed by atoms with E-state index < -0.39 is 0 Å². The van der Waals surface area contributed by atoms with Gasteiger partial charge in [-0.15, -0.1) is 0 Å². The van der Waals surface area contributed by atoms with E-state index in [0.29, 0.717) is 12.1 Å². The molecule has 0 radical (unpaired) electrons. The first kappa shape index (κ1) is 16.8. The molecule has 1 aromatic heterocycles. The standard InChI is InChI=1S/C20H18BrN3O2/c1-13-18(12-23-24(13)16-8-6-15(21)7-9-16)20(25)22-11-17-10-14-4-2-3-5-19(14)26-17/h2-9,12,17H,10-11H2,1H3,(H,22,25). The fourth-order valence-electron chi connectivity index (χ4n) is 3.14. The van der Waals surface area contributed by atoms with Crippen LogP contribution in [0.15, 0.2) is 59.2 Å². The number of fused-ring (bicyclic) bond motifs is 1. The first-order valence-electron chi connectivity index (χ1n) is 8.45. The van der Waals surface area contributed by atoms with Crippen molar-refractivity contribution in [3.8, 4) is 11.4 Å². The SMILES string of the molecule is Cc1c(C(=O)NCC2Cc3ccccc3O2)cnn1-c1ccc(Br)cc1. The lowest BCUT2D eigenvalue weighted by Gasteiger charge is -2.12. The normalized spacial score (nSPS) is 15.4. The summed E-state index contributed by atoms with van der Waals surface area (Å²) in [5.74, 6) is 0.774. The summed E-state index contributed by atoms with van der Waals surface area (Å²) in [7, 11) is 0. The fraction of sp³-hybridized carbons (Fsp3) is 0.200. The number of nitrogens with zero attached hydrogens (tertiary/aromatic N) is 2. The molecule has 1 N–H and O–H groups in total. The maximum atomic E-state index is 12.6. The highest BCUT2D eigenvalue weighted by Gasteiger charge is 2.23. The molecule has 26 heavy (non-hydrogen) atoms. The molecule has 2 aromatic carbocycles. The molecule has 5 nitrogen and oxygen atoms in total. The second kappa shape index (κ2) is 6.96. The molecular formula is C20H18BrN3O2. The predicted octanol–water partition coefficient (Wildman–Crippen LogP) is 3.68. The number of hydrogen-bond donors (Lipinski definition) is 1. The minimum absolute atomic E-state index is 0.0295. The van der Waals surface area contributed by atoms with Crippen molar-refractivity contribution in [3.05, 3.63) is 76.0 Å². The molecule has 3 aromatic rings. The third kappa shape index (κ3) is 3.24. The summed E-state index contributed by atoms with van der Waals surface area (Å²) < 4.78 is 8.64. The van der Waals surface area contributed by atoms with E-state index in [2.05, 4.69) is 32.4 Å². The number of ether oxygens (including phenoxy) is 1. The molecule has 1 aliphatic heterocycles. The quantitative estimate of drug-likeness (QED) is 0.712. The Morgan fingerprint density at radius 2 is 2.04 bits per heavy atom. The third-order valence-electron chi connectivity index (χ3n) is 4.53. The maximum Gasteiger partial charge on any atom is 0.254 e. The summed E-state index contributed by atoms with van der Waals surface area (Å²) in [4.78, 5) is 12.6. The van der Waals surface area contributed by atoms with Gasteiger partial charge in [-0.3, -0.25) is 4.79 Å². The van der Waals surface area contributed by atoms with Crippen molar-refractivity contribution in [1.29, 1.82) is 0 Å². The predicted molar refractivity (Wildman–Crippen MR) is 103 cm³/mol. The molecule has 4 rings (SSSR count). The Morgan fingerprint density at radius 3 is 2.81 bits per heavy atom. The van der Waals surface area contributed by atoms with Gasteiger partial charge in [-0.05, 0) is 42.8 Å². The second-order valence-corrected chi connectivity index (χ2v) is 7.21. The van der Waals surface area contributed by atoms with Crippen LogP contribution in [0.4, 0.5) is 0 Å². The van der Waals surface area contributed by atoms with Gasteiger partial charge >= 0.3 is 0 Å². The monoisotopic (exact) mass is 411 g/mol. The molecule has 0 aliphatic carbocycles. The molecule has 2 heterocycles. The lowest BCUT2D eigenvalue weighted by molar-refractivity contribution is 0.0933. The Morgan fingerprint density at radius 1 is 1.27 bits per heavy atom. The number of hydrogen-bond acceptors (Lipinski definition) is 3. The number of nitrogens with one attached hydrogen (secondary N) is 1. The van der Waals surface area contributed by atoms with Crippen LogP contribution in [0.25, 0.3) is 5.69 Å². The van der Waals surface area contributed by atoms with E-state index in [1.54, 1.807) is 10.9 Å². The summed E-state index contributed by atoms with van der Waals surface area (Å²) in [6.07, 6.45) is 2.39. The van der Waals surface area contributed by atoms with Gasteiger partial charge in [-0.2, -0.15) is 5.10 Å². The number of carbonyl (C=O) groups excluding carboxylic acids is 1. The molecule has 132 valence electrons. The Labute approximate surface area is 160 Å². The van der Waals surface area contributed by atoms with Gasteiger partial charge in [0, 0.05) is 10.9 Å². The third-order valence-corrected chi connectivity index (χ3v) is 5.06. The first-order chi connectivity index (χ1) is 12.6. The van der Waals surface area contributed by atoms with Crippen molar-refractivity contribution in [2.24, 2.45) is 0 Å². The lowest BCUT2D eigenvalue weighted by atomic mass is 10.1. The van der Waals surface area contributed by atoms with Crippen molar-refractivity contribution in [2.75, 3.05) is 6.54 Å². The zero-order valence-corrected chi connectivity index (χ0v) is 15.9. The van der Waals surface area contributed by atoms with Crippen LogP contribution < -0.4 is 10.1 Å². The molecule has 1 amide bonds. The van der Waals surface area contributed by atoms with Crippen LogP contribution in [0.2, 0.25) is 0 Å². The zero-order valence-electron chi connectivity index (χ0n) is 14.3. The van der Waals surface area contributed by atoms with Gasteiger partial charge in [0.2, 0.25) is 0 Å². The summed E-state index contributed by atoms with van der Waals surface area (Å²) in [6, 6.07) is 15.8. The summed E-state index contributed by atoms with van der Waals surface area (Å²) in [5, 5.41) is 7.32. The van der Waals surface area contributed by atoms with Crippen LogP contribution in [-0.2, 0) is 6.42 Å². The Hall–Kier alpha value is -2.60. The molecule has 1 aliphatic rings. The molecule has 6 heteroatoms. The van der Waals surface area contributed by atoms with Crippen molar-refractivity contribution >= 4 is 21.8 Å². The van der Waals surface area contributed by atoms with E-state index in [1.165, 1.54) is 5.56 Å². The van der Waals surface area contributed by atoms with Crippen LogP contribution >= 0.6 is 15.9 Å². The fourth-order valence-corrected chi connectivity index (χ4v) is 3.41. The molecule has 0 fully saturated rings. The number of aromatic nitrogens is 2. The van der Waals surface area contributed by atoms with E-state index in [-0.39, 0.29) is 12.0 Å². The summed E-state index contributed by atoms with van der Waals surface area (Å²) in [5.41, 5.74) is 3.48. The smallest absolute Gasteiger partial charge is 0.254 e. The minimum Gasteiger partial charge on any atom is -0.488 e. The van der Waals surface area contributed by atoms with Crippen LogP contribution in [0, 0.1) is 6.92 Å². The van der Waals surface area contributed by atoms with Crippen molar-refractivity contribution in [2.45, 2.75) is 19.4 Å². The molecular weight excluding hydrogens is 394 g/mol. The number of halogens is 1. The van der Waals surface area contributed by atoms with Crippen LogP contribution in [0.1, 0.15) is 21.6 Å². The number of rotatable bonds is 4. The minimum atomic E-state index is -0.134. The van der Waals surface area contributed by atoms with Gasteiger partial charge in [-0.25, -0.2) is 4.68 Å². The largest absolute Gasteiger partial charge is 0.488 e. The van der Waals surface area contributed by atoms with Crippen molar-refractivity contribution in [3.63, 3.8) is 0 Å².